The molecule has 5 heteroatoms. The zero-order valence-electron chi connectivity index (χ0n) is 13.0. The first-order chi connectivity index (χ1) is 11.4. The molecule has 0 radical (unpaired) electrons. The third kappa shape index (κ3) is 4.65. The van der Waals surface area contributed by atoms with Gasteiger partial charge in [-0.25, -0.2) is 0 Å². The molecule has 1 fully saturated rings. The highest BCUT2D eigenvalue weighted by Crippen LogP contribution is 2.36. The highest BCUT2D eigenvalue weighted by atomic mass is 127. The maximum Gasteiger partial charge on any atom is 0.573 e. The molecule has 0 unspecified atom stereocenters. The lowest BCUT2D eigenvalue weighted by atomic mass is 9.83. The second kappa shape index (κ2) is 7.33. The van der Waals surface area contributed by atoms with E-state index in [9.17, 15) is 13.2 Å². The minimum Gasteiger partial charge on any atom is -0.406 e. The minimum absolute atomic E-state index is 0.196. The Morgan fingerprint density at radius 2 is 1.29 bits per heavy atom. The van der Waals surface area contributed by atoms with Gasteiger partial charge in [0.2, 0.25) is 0 Å². The van der Waals surface area contributed by atoms with Gasteiger partial charge in [-0.3, -0.25) is 0 Å². The van der Waals surface area contributed by atoms with E-state index in [1.807, 2.05) is 12.1 Å². The topological polar surface area (TPSA) is 9.23 Å². The van der Waals surface area contributed by atoms with Crippen LogP contribution in [0.15, 0.2) is 48.5 Å². The molecule has 2 aromatic carbocycles. The average molecular weight is 446 g/mol. The summed E-state index contributed by atoms with van der Waals surface area (Å²) in [5.74, 6) is 0.436. The fourth-order valence-electron chi connectivity index (χ4n) is 3.18. The molecule has 2 aromatic rings. The second-order valence-electron chi connectivity index (χ2n) is 6.14. The predicted octanol–water partition coefficient (Wildman–Crippen LogP) is 6.71. The summed E-state index contributed by atoms with van der Waals surface area (Å²) in [6.45, 7) is 0. The van der Waals surface area contributed by atoms with Crippen LogP contribution in [-0.4, -0.2) is 10.3 Å². The van der Waals surface area contributed by atoms with E-state index in [-0.39, 0.29) is 5.75 Å². The van der Waals surface area contributed by atoms with Crippen LogP contribution in [0.25, 0.3) is 11.1 Å². The van der Waals surface area contributed by atoms with Gasteiger partial charge in [0, 0.05) is 3.92 Å². The Morgan fingerprint density at radius 3 is 1.79 bits per heavy atom. The normalized spacial score (nSPS) is 21.5. The van der Waals surface area contributed by atoms with Crippen molar-refractivity contribution in [2.75, 3.05) is 0 Å². The van der Waals surface area contributed by atoms with Crippen LogP contribution >= 0.6 is 22.6 Å². The molecule has 3 rings (SSSR count). The first-order valence-corrected chi connectivity index (χ1v) is 9.25. The molecule has 0 bridgehead atoms. The number of hydrogen-bond donors (Lipinski definition) is 0. The monoisotopic (exact) mass is 446 g/mol. The first kappa shape index (κ1) is 17.6. The van der Waals surface area contributed by atoms with E-state index in [0.717, 1.165) is 15.1 Å². The Kier molecular flexibility index (Phi) is 5.37. The van der Waals surface area contributed by atoms with Crippen molar-refractivity contribution in [1.29, 1.82) is 0 Å². The Balaban J connectivity index is 1.69. The highest BCUT2D eigenvalue weighted by Gasteiger charge is 2.31. The predicted molar refractivity (Wildman–Crippen MR) is 97.6 cm³/mol. The van der Waals surface area contributed by atoms with E-state index >= 15 is 0 Å². The van der Waals surface area contributed by atoms with Crippen LogP contribution in [0.2, 0.25) is 0 Å². The third-order valence-electron chi connectivity index (χ3n) is 4.46. The number of ether oxygens (including phenoxy) is 1. The number of alkyl halides is 4. The van der Waals surface area contributed by atoms with Gasteiger partial charge in [-0.15, -0.1) is 13.2 Å². The Hall–Kier alpha value is -1.24. The fraction of sp³-hybridized carbons (Fsp3) is 0.368. The lowest BCUT2D eigenvalue weighted by molar-refractivity contribution is -0.274. The molecule has 0 saturated heterocycles. The van der Waals surface area contributed by atoms with Crippen molar-refractivity contribution in [3.05, 3.63) is 54.1 Å². The van der Waals surface area contributed by atoms with Crippen LogP contribution in [0.1, 0.15) is 37.2 Å². The third-order valence-corrected chi connectivity index (χ3v) is 5.71. The molecule has 1 aliphatic carbocycles. The van der Waals surface area contributed by atoms with Gasteiger partial charge in [-0.1, -0.05) is 59.0 Å². The molecule has 0 heterocycles. The van der Waals surface area contributed by atoms with Crippen LogP contribution in [0.3, 0.4) is 0 Å². The molecule has 0 N–H and O–H groups in total. The van der Waals surface area contributed by atoms with Gasteiger partial charge >= 0.3 is 6.36 Å². The Labute approximate surface area is 153 Å². The van der Waals surface area contributed by atoms with E-state index in [0.29, 0.717) is 5.92 Å². The minimum atomic E-state index is -4.65. The van der Waals surface area contributed by atoms with Gasteiger partial charge in [0.15, 0.2) is 0 Å². The van der Waals surface area contributed by atoms with Crippen LogP contribution in [-0.2, 0) is 0 Å². The average Bonchev–Trinajstić information content (AvgIpc) is 2.55. The van der Waals surface area contributed by atoms with E-state index in [1.165, 1.54) is 43.4 Å². The van der Waals surface area contributed by atoms with Crippen LogP contribution in [0, 0.1) is 0 Å². The molecule has 0 spiro atoms. The summed E-state index contributed by atoms with van der Waals surface area (Å²) >= 11 is 2.53. The summed E-state index contributed by atoms with van der Waals surface area (Å²) in [6.07, 6.45) is 0.355. The highest BCUT2D eigenvalue weighted by molar-refractivity contribution is 14.1. The van der Waals surface area contributed by atoms with Crippen molar-refractivity contribution in [3.63, 3.8) is 0 Å². The largest absolute Gasteiger partial charge is 0.573 e. The smallest absolute Gasteiger partial charge is 0.406 e. The summed E-state index contributed by atoms with van der Waals surface area (Å²) in [5.41, 5.74) is 3.24. The number of benzene rings is 2. The SMILES string of the molecule is FC(F)(F)Oc1ccc(-c2ccc(C3CCC(I)CC3)cc2)cc1. The van der Waals surface area contributed by atoms with Crippen molar-refractivity contribution in [2.45, 2.75) is 41.9 Å². The van der Waals surface area contributed by atoms with Crippen molar-refractivity contribution in [2.24, 2.45) is 0 Å². The van der Waals surface area contributed by atoms with Crippen molar-refractivity contribution in [1.82, 2.24) is 0 Å². The molecule has 0 amide bonds. The Morgan fingerprint density at radius 1 is 0.792 bits per heavy atom. The van der Waals surface area contributed by atoms with Gasteiger partial charge < -0.3 is 4.74 Å². The molecule has 0 aliphatic heterocycles. The van der Waals surface area contributed by atoms with Crippen LogP contribution in [0.4, 0.5) is 13.2 Å². The van der Waals surface area contributed by atoms with Crippen LogP contribution in [0.5, 0.6) is 5.75 Å². The van der Waals surface area contributed by atoms with Gasteiger partial charge in [-0.2, -0.15) is 0 Å². The molecule has 24 heavy (non-hydrogen) atoms. The maximum atomic E-state index is 12.2. The van der Waals surface area contributed by atoms with E-state index < -0.39 is 6.36 Å². The van der Waals surface area contributed by atoms with Gasteiger partial charge in [-0.05, 0) is 60.4 Å². The zero-order valence-corrected chi connectivity index (χ0v) is 15.2. The lowest BCUT2D eigenvalue weighted by Crippen LogP contribution is -2.16. The molecular weight excluding hydrogens is 428 g/mol. The summed E-state index contributed by atoms with van der Waals surface area (Å²) < 4.78 is 41.3. The summed E-state index contributed by atoms with van der Waals surface area (Å²) in [5, 5.41) is 0. The summed E-state index contributed by atoms with van der Waals surface area (Å²) in [6, 6.07) is 14.4. The summed E-state index contributed by atoms with van der Waals surface area (Å²) in [4.78, 5) is 0. The molecular formula is C19H18F3IO. The second-order valence-corrected chi connectivity index (χ2v) is 7.90. The van der Waals surface area contributed by atoms with Crippen LogP contribution < -0.4 is 4.74 Å². The Bertz CT molecular complexity index is 657. The fourth-order valence-corrected chi connectivity index (χ4v) is 3.90. The number of hydrogen-bond acceptors (Lipinski definition) is 1. The summed E-state index contributed by atoms with van der Waals surface area (Å²) in [7, 11) is 0. The van der Waals surface area contributed by atoms with E-state index in [1.54, 1.807) is 12.1 Å². The standard InChI is InChI=1S/C19H18F3IO/c20-19(21,22)24-18-11-7-16(8-12-18)14-3-1-13(2-4-14)15-5-9-17(23)10-6-15/h1-4,7-8,11-12,15,17H,5-6,9-10H2. The van der Waals surface area contributed by atoms with Crippen molar-refractivity contribution >= 4 is 22.6 Å². The van der Waals surface area contributed by atoms with Gasteiger partial charge in [0.05, 0.1) is 0 Å². The zero-order chi connectivity index (χ0) is 17.2. The molecule has 1 aliphatic rings. The van der Waals surface area contributed by atoms with Crippen molar-refractivity contribution in [3.8, 4) is 16.9 Å². The van der Waals surface area contributed by atoms with E-state index in [2.05, 4.69) is 39.5 Å². The maximum absolute atomic E-state index is 12.2. The number of halogens is 4. The quantitative estimate of drug-likeness (QED) is 0.376. The molecule has 1 saturated carbocycles. The van der Waals surface area contributed by atoms with Gasteiger partial charge in [0.25, 0.3) is 0 Å². The number of rotatable bonds is 3. The van der Waals surface area contributed by atoms with Crippen molar-refractivity contribution < 1.29 is 17.9 Å². The molecule has 0 atom stereocenters. The first-order valence-electron chi connectivity index (χ1n) is 8.01. The molecule has 128 valence electrons. The lowest BCUT2D eigenvalue weighted by Gasteiger charge is -2.25. The van der Waals surface area contributed by atoms with E-state index in [4.69, 9.17) is 0 Å². The van der Waals surface area contributed by atoms with Gasteiger partial charge in [0.1, 0.15) is 5.75 Å². The molecule has 1 nitrogen and oxygen atoms in total. The molecule has 0 aromatic heterocycles.